The number of rotatable bonds is 4. The van der Waals surface area contributed by atoms with Crippen molar-refractivity contribution in [3.05, 3.63) is 59.8 Å². The van der Waals surface area contributed by atoms with E-state index in [0.29, 0.717) is 11.2 Å². The lowest BCUT2D eigenvalue weighted by Gasteiger charge is -2.03. The standard InChI is InChI=1S/C18H15N3O3/c1-11(22)24-16-8-7-14-13(10-20-18(14)21-16)9-15(17(19)23)12-5-3-2-4-6-12/h2-10H,1H3,(H2,19,23)(H,20,21). The molecule has 120 valence electrons. The number of ether oxygens (including phenoxy) is 1. The molecule has 1 aromatic carbocycles. The number of benzene rings is 1. The summed E-state index contributed by atoms with van der Waals surface area (Å²) < 4.78 is 4.96. The summed E-state index contributed by atoms with van der Waals surface area (Å²) in [6.45, 7) is 1.31. The van der Waals surface area contributed by atoms with Gasteiger partial charge in [-0.2, -0.15) is 4.98 Å². The maximum Gasteiger partial charge on any atom is 0.309 e. The first-order valence-corrected chi connectivity index (χ1v) is 7.28. The van der Waals surface area contributed by atoms with Crippen molar-refractivity contribution >= 4 is 34.6 Å². The zero-order valence-electron chi connectivity index (χ0n) is 12.9. The van der Waals surface area contributed by atoms with E-state index in [-0.39, 0.29) is 5.88 Å². The van der Waals surface area contributed by atoms with E-state index < -0.39 is 11.9 Å². The minimum Gasteiger partial charge on any atom is -0.408 e. The van der Waals surface area contributed by atoms with Gasteiger partial charge in [0.1, 0.15) is 5.65 Å². The second-order valence-electron chi connectivity index (χ2n) is 5.17. The Morgan fingerprint density at radius 2 is 1.92 bits per heavy atom. The van der Waals surface area contributed by atoms with Gasteiger partial charge >= 0.3 is 5.97 Å². The van der Waals surface area contributed by atoms with Gasteiger partial charge in [0.25, 0.3) is 0 Å². The summed E-state index contributed by atoms with van der Waals surface area (Å²) in [6, 6.07) is 12.6. The lowest BCUT2D eigenvalue weighted by atomic mass is 10.0. The van der Waals surface area contributed by atoms with Crippen LogP contribution in [0, 0.1) is 0 Å². The van der Waals surface area contributed by atoms with E-state index in [2.05, 4.69) is 9.97 Å². The van der Waals surface area contributed by atoms with Crippen LogP contribution in [0.1, 0.15) is 18.1 Å². The van der Waals surface area contributed by atoms with Crippen molar-refractivity contribution in [3.8, 4) is 5.88 Å². The van der Waals surface area contributed by atoms with Crippen molar-refractivity contribution in [2.75, 3.05) is 0 Å². The van der Waals surface area contributed by atoms with Gasteiger partial charge in [-0.05, 0) is 17.7 Å². The van der Waals surface area contributed by atoms with Crippen LogP contribution in [-0.4, -0.2) is 21.8 Å². The molecule has 3 rings (SSSR count). The summed E-state index contributed by atoms with van der Waals surface area (Å²) in [7, 11) is 0. The average Bonchev–Trinajstić information content (AvgIpc) is 2.94. The monoisotopic (exact) mass is 321 g/mol. The largest absolute Gasteiger partial charge is 0.408 e. The minimum absolute atomic E-state index is 0.213. The molecule has 0 fully saturated rings. The lowest BCUT2D eigenvalue weighted by Crippen LogP contribution is -2.12. The van der Waals surface area contributed by atoms with Crippen LogP contribution in [0.3, 0.4) is 0 Å². The third kappa shape index (κ3) is 3.17. The van der Waals surface area contributed by atoms with Crippen LogP contribution in [0.4, 0.5) is 0 Å². The van der Waals surface area contributed by atoms with Crippen LogP contribution in [0.25, 0.3) is 22.7 Å². The lowest BCUT2D eigenvalue weighted by molar-refractivity contribution is -0.132. The predicted molar refractivity (Wildman–Crippen MR) is 90.9 cm³/mol. The molecule has 6 nitrogen and oxygen atoms in total. The molecule has 0 aliphatic carbocycles. The highest BCUT2D eigenvalue weighted by Crippen LogP contribution is 2.25. The van der Waals surface area contributed by atoms with E-state index in [9.17, 15) is 9.59 Å². The van der Waals surface area contributed by atoms with Gasteiger partial charge in [0.2, 0.25) is 11.8 Å². The molecule has 2 aromatic heterocycles. The number of aromatic nitrogens is 2. The molecule has 0 bridgehead atoms. The molecule has 0 saturated carbocycles. The Labute approximate surface area is 138 Å². The third-order valence-electron chi connectivity index (χ3n) is 3.44. The Kier molecular flexibility index (Phi) is 4.11. The summed E-state index contributed by atoms with van der Waals surface area (Å²) in [5.74, 6) is -0.737. The van der Waals surface area contributed by atoms with Crippen LogP contribution in [-0.2, 0) is 9.59 Å². The van der Waals surface area contributed by atoms with Gasteiger partial charge in [-0.3, -0.25) is 9.59 Å². The maximum atomic E-state index is 11.8. The number of nitrogens with one attached hydrogen (secondary N) is 1. The summed E-state index contributed by atoms with van der Waals surface area (Å²) in [5, 5.41) is 0.792. The number of aromatic amines is 1. The first-order chi connectivity index (χ1) is 11.5. The fourth-order valence-electron chi connectivity index (χ4n) is 2.40. The number of primary amides is 1. The quantitative estimate of drug-likeness (QED) is 0.570. The molecule has 0 radical (unpaired) electrons. The molecule has 0 atom stereocenters. The Hall–Kier alpha value is -3.41. The molecule has 6 heteroatoms. The number of H-pyrrole nitrogens is 1. The van der Waals surface area contributed by atoms with Crippen LogP contribution in [0.5, 0.6) is 5.88 Å². The molecular formula is C18H15N3O3. The summed E-state index contributed by atoms with van der Waals surface area (Å²) >= 11 is 0. The molecule has 0 aliphatic rings. The van der Waals surface area contributed by atoms with E-state index in [1.807, 2.05) is 30.3 Å². The highest BCUT2D eigenvalue weighted by atomic mass is 16.5. The van der Waals surface area contributed by atoms with Crippen molar-refractivity contribution in [1.29, 1.82) is 0 Å². The van der Waals surface area contributed by atoms with Gasteiger partial charge in [-0.25, -0.2) is 0 Å². The summed E-state index contributed by atoms with van der Waals surface area (Å²) in [4.78, 5) is 30.0. The van der Waals surface area contributed by atoms with Crippen molar-refractivity contribution in [3.63, 3.8) is 0 Å². The van der Waals surface area contributed by atoms with Crippen molar-refractivity contribution in [1.82, 2.24) is 9.97 Å². The fourth-order valence-corrected chi connectivity index (χ4v) is 2.40. The zero-order valence-corrected chi connectivity index (χ0v) is 12.9. The highest BCUT2D eigenvalue weighted by Gasteiger charge is 2.11. The number of pyridine rings is 1. The van der Waals surface area contributed by atoms with E-state index in [4.69, 9.17) is 10.5 Å². The third-order valence-corrected chi connectivity index (χ3v) is 3.44. The number of fused-ring (bicyclic) bond motifs is 1. The molecule has 0 unspecified atom stereocenters. The van der Waals surface area contributed by atoms with Gasteiger partial charge in [0, 0.05) is 35.7 Å². The molecule has 0 aliphatic heterocycles. The molecule has 3 N–H and O–H groups in total. The predicted octanol–water partition coefficient (Wildman–Crippen LogP) is 2.51. The fraction of sp³-hybridized carbons (Fsp3) is 0.0556. The summed E-state index contributed by atoms with van der Waals surface area (Å²) in [6.07, 6.45) is 3.44. The number of carbonyl (C=O) groups excluding carboxylic acids is 2. The van der Waals surface area contributed by atoms with Crippen LogP contribution in [0.15, 0.2) is 48.7 Å². The van der Waals surface area contributed by atoms with Gasteiger partial charge in [-0.1, -0.05) is 30.3 Å². The van der Waals surface area contributed by atoms with Gasteiger partial charge in [0.05, 0.1) is 0 Å². The molecule has 1 amide bonds. The number of hydrogen-bond donors (Lipinski definition) is 2. The van der Waals surface area contributed by atoms with Crippen LogP contribution >= 0.6 is 0 Å². The number of esters is 1. The van der Waals surface area contributed by atoms with E-state index in [1.54, 1.807) is 24.4 Å². The molecular weight excluding hydrogens is 306 g/mol. The topological polar surface area (TPSA) is 98.1 Å². The normalized spacial score (nSPS) is 11.5. The SMILES string of the molecule is CC(=O)Oc1ccc2c(C=C(C(N)=O)c3ccccc3)c[nH]c2n1. The van der Waals surface area contributed by atoms with Gasteiger partial charge in [-0.15, -0.1) is 0 Å². The Morgan fingerprint density at radius 3 is 2.58 bits per heavy atom. The molecule has 3 aromatic rings. The molecule has 0 saturated heterocycles. The molecule has 0 spiro atoms. The number of carbonyl (C=O) groups is 2. The number of nitrogens with zero attached hydrogens (tertiary/aromatic N) is 1. The first kappa shape index (κ1) is 15.5. The smallest absolute Gasteiger partial charge is 0.309 e. The van der Waals surface area contributed by atoms with E-state index >= 15 is 0 Å². The minimum atomic E-state index is -0.514. The molecule has 2 heterocycles. The Balaban J connectivity index is 2.05. The van der Waals surface area contributed by atoms with E-state index in [1.165, 1.54) is 6.92 Å². The highest BCUT2D eigenvalue weighted by molar-refractivity contribution is 6.24. The maximum absolute atomic E-state index is 11.8. The second-order valence-corrected chi connectivity index (χ2v) is 5.17. The van der Waals surface area contributed by atoms with Crippen molar-refractivity contribution < 1.29 is 14.3 Å². The van der Waals surface area contributed by atoms with Crippen molar-refractivity contribution in [2.24, 2.45) is 5.73 Å². The van der Waals surface area contributed by atoms with Gasteiger partial charge in [0.15, 0.2) is 0 Å². The Morgan fingerprint density at radius 1 is 1.17 bits per heavy atom. The van der Waals surface area contributed by atoms with Crippen molar-refractivity contribution in [2.45, 2.75) is 6.92 Å². The first-order valence-electron chi connectivity index (χ1n) is 7.28. The van der Waals surface area contributed by atoms with Crippen LogP contribution in [0.2, 0.25) is 0 Å². The zero-order chi connectivity index (χ0) is 17.1. The average molecular weight is 321 g/mol. The van der Waals surface area contributed by atoms with E-state index in [0.717, 1.165) is 16.5 Å². The second kappa shape index (κ2) is 6.37. The molecule has 24 heavy (non-hydrogen) atoms. The number of amides is 1. The van der Waals surface area contributed by atoms with Gasteiger partial charge < -0.3 is 15.5 Å². The number of hydrogen-bond acceptors (Lipinski definition) is 4. The summed E-state index contributed by atoms with van der Waals surface area (Å²) in [5.41, 5.74) is 7.98. The van der Waals surface area contributed by atoms with Crippen LogP contribution < -0.4 is 10.5 Å². The Bertz CT molecular complexity index is 943. The number of nitrogens with two attached hydrogens (primary N) is 1.